The van der Waals surface area contributed by atoms with Crippen LogP contribution in [0.1, 0.15) is 63.1 Å². The number of hydrogen-bond donors (Lipinski definition) is 2. The number of aromatic nitrogens is 1. The van der Waals surface area contributed by atoms with E-state index in [0.717, 1.165) is 29.5 Å². The van der Waals surface area contributed by atoms with Crippen LogP contribution in [0.15, 0.2) is 77.9 Å². The smallest absolute Gasteiger partial charge is 0.320 e. The maximum absolute atomic E-state index is 12.8. The van der Waals surface area contributed by atoms with Crippen LogP contribution in [0.2, 0.25) is 0 Å². The van der Waals surface area contributed by atoms with Crippen LogP contribution >= 0.6 is 0 Å². The molecule has 2 aromatic carbocycles. The first-order valence-electron chi connectivity index (χ1n) is 13.8. The summed E-state index contributed by atoms with van der Waals surface area (Å²) in [5.74, 6) is 0.925. The standard InChI is InChI=1S/C32H39N5O3/c1-23(38)37(17-11-12-18-40-22-24-13-7-5-8-14-24)29-20-28-26(21-33-29)19-27(25-15-9-6-10-16-25)30(34-28)35-31(39)36-32(2,3)4/h5-10,13-16,20-21,27H,11-12,17-19,22H2,1-4H3,(H2,34,35,36,39). The molecule has 8 heteroatoms. The number of nitrogens with zero attached hydrogens (tertiary/aromatic N) is 3. The first-order valence-corrected chi connectivity index (χ1v) is 13.8. The van der Waals surface area contributed by atoms with Gasteiger partial charge in [0.2, 0.25) is 5.91 Å². The number of benzene rings is 2. The highest BCUT2D eigenvalue weighted by molar-refractivity contribution is 6.03. The SMILES string of the molecule is CC(=O)N(CCCCOCc1ccccc1)c1cc2c(cn1)CC(c1ccccc1)C(NC(=O)NC(C)(C)C)=N2. The lowest BCUT2D eigenvalue weighted by Gasteiger charge is -2.28. The predicted molar refractivity (Wildman–Crippen MR) is 159 cm³/mol. The third-order valence-corrected chi connectivity index (χ3v) is 6.56. The Balaban J connectivity index is 1.46. The first-order chi connectivity index (χ1) is 19.2. The lowest BCUT2D eigenvalue weighted by Crippen LogP contribution is -2.49. The quantitative estimate of drug-likeness (QED) is 0.330. The fourth-order valence-electron chi connectivity index (χ4n) is 4.63. The van der Waals surface area contributed by atoms with E-state index in [4.69, 9.17) is 9.73 Å². The number of rotatable bonds is 9. The van der Waals surface area contributed by atoms with Gasteiger partial charge in [0, 0.05) is 43.8 Å². The maximum atomic E-state index is 12.8. The van der Waals surface area contributed by atoms with Crippen LogP contribution in [0.5, 0.6) is 0 Å². The van der Waals surface area contributed by atoms with E-state index in [9.17, 15) is 9.59 Å². The number of ether oxygens (including phenoxy) is 1. The molecule has 4 rings (SSSR count). The Morgan fingerprint density at radius 3 is 2.40 bits per heavy atom. The summed E-state index contributed by atoms with van der Waals surface area (Å²) in [5.41, 5.74) is 3.50. The van der Waals surface area contributed by atoms with Gasteiger partial charge in [0.15, 0.2) is 0 Å². The minimum absolute atomic E-state index is 0.0810. The minimum atomic E-state index is -0.384. The summed E-state index contributed by atoms with van der Waals surface area (Å²) >= 11 is 0. The van der Waals surface area contributed by atoms with Crippen LogP contribution < -0.4 is 15.5 Å². The first kappa shape index (κ1) is 29.0. The fraction of sp³-hybridized carbons (Fsp3) is 0.375. The summed E-state index contributed by atoms with van der Waals surface area (Å²) in [7, 11) is 0. The van der Waals surface area contributed by atoms with Gasteiger partial charge in [-0.15, -0.1) is 0 Å². The minimum Gasteiger partial charge on any atom is -0.377 e. The Labute approximate surface area is 236 Å². The van der Waals surface area contributed by atoms with E-state index >= 15 is 0 Å². The largest absolute Gasteiger partial charge is 0.377 e. The van der Waals surface area contributed by atoms with E-state index in [1.807, 2.05) is 87.5 Å². The van der Waals surface area contributed by atoms with Crippen molar-refractivity contribution in [2.45, 2.75) is 65.0 Å². The van der Waals surface area contributed by atoms with Gasteiger partial charge in [-0.1, -0.05) is 60.7 Å². The lowest BCUT2D eigenvalue weighted by atomic mass is 9.88. The van der Waals surface area contributed by atoms with Crippen molar-refractivity contribution >= 4 is 29.3 Å². The Kier molecular flexibility index (Phi) is 9.66. The molecule has 0 saturated carbocycles. The average molecular weight is 542 g/mol. The Morgan fingerprint density at radius 2 is 1.73 bits per heavy atom. The summed E-state index contributed by atoms with van der Waals surface area (Å²) in [5, 5.41) is 5.93. The number of hydrogen-bond acceptors (Lipinski definition) is 5. The number of carbonyl (C=O) groups is 2. The van der Waals surface area contributed by atoms with E-state index < -0.39 is 0 Å². The van der Waals surface area contributed by atoms with Crippen LogP contribution in [0.4, 0.5) is 16.3 Å². The van der Waals surface area contributed by atoms with Gasteiger partial charge in [-0.2, -0.15) is 0 Å². The highest BCUT2D eigenvalue weighted by Crippen LogP contribution is 2.35. The third-order valence-electron chi connectivity index (χ3n) is 6.56. The molecule has 1 aliphatic heterocycles. The van der Waals surface area contributed by atoms with E-state index in [2.05, 4.69) is 15.6 Å². The number of nitrogens with one attached hydrogen (secondary N) is 2. The Bertz CT molecular complexity index is 1320. The number of anilines is 1. The topological polar surface area (TPSA) is 95.9 Å². The molecule has 0 radical (unpaired) electrons. The van der Waals surface area contributed by atoms with Crippen molar-refractivity contribution in [3.8, 4) is 0 Å². The van der Waals surface area contributed by atoms with Crippen molar-refractivity contribution in [3.05, 3.63) is 89.6 Å². The number of aliphatic imine (C=N–C) groups is 1. The molecular weight excluding hydrogens is 502 g/mol. The number of pyridine rings is 1. The van der Waals surface area contributed by atoms with Crippen molar-refractivity contribution in [2.75, 3.05) is 18.1 Å². The molecule has 1 aromatic heterocycles. The van der Waals surface area contributed by atoms with Crippen LogP contribution in [-0.4, -0.2) is 41.4 Å². The molecule has 2 heterocycles. The van der Waals surface area contributed by atoms with Crippen LogP contribution in [0.3, 0.4) is 0 Å². The highest BCUT2D eigenvalue weighted by Gasteiger charge is 2.28. The zero-order valence-corrected chi connectivity index (χ0v) is 23.8. The second-order valence-corrected chi connectivity index (χ2v) is 11.1. The molecule has 210 valence electrons. The molecule has 0 spiro atoms. The van der Waals surface area contributed by atoms with Gasteiger partial charge in [-0.25, -0.2) is 14.8 Å². The van der Waals surface area contributed by atoms with Gasteiger partial charge in [-0.3, -0.25) is 15.0 Å². The van der Waals surface area contributed by atoms with Gasteiger partial charge in [0.25, 0.3) is 0 Å². The molecule has 2 N–H and O–H groups in total. The van der Waals surface area contributed by atoms with E-state index in [1.165, 1.54) is 0 Å². The Morgan fingerprint density at radius 1 is 1.02 bits per heavy atom. The third kappa shape index (κ3) is 8.23. The van der Waals surface area contributed by atoms with Gasteiger partial charge < -0.3 is 10.1 Å². The van der Waals surface area contributed by atoms with Crippen LogP contribution in [0, 0.1) is 0 Å². The van der Waals surface area contributed by atoms with Crippen molar-refractivity contribution in [3.63, 3.8) is 0 Å². The fourth-order valence-corrected chi connectivity index (χ4v) is 4.63. The molecule has 1 atom stereocenters. The van der Waals surface area contributed by atoms with E-state index in [1.54, 1.807) is 18.0 Å². The van der Waals surface area contributed by atoms with E-state index in [-0.39, 0.29) is 23.4 Å². The second-order valence-electron chi connectivity index (χ2n) is 11.1. The zero-order chi connectivity index (χ0) is 28.5. The summed E-state index contributed by atoms with van der Waals surface area (Å²) in [6, 6.07) is 21.6. The normalized spacial score (nSPS) is 14.6. The monoisotopic (exact) mass is 541 g/mol. The maximum Gasteiger partial charge on any atom is 0.320 e. The lowest BCUT2D eigenvalue weighted by molar-refractivity contribution is -0.116. The zero-order valence-electron chi connectivity index (χ0n) is 23.8. The Hall–Kier alpha value is -4.04. The summed E-state index contributed by atoms with van der Waals surface area (Å²) in [4.78, 5) is 36.5. The van der Waals surface area contributed by atoms with Crippen molar-refractivity contribution in [1.29, 1.82) is 0 Å². The molecule has 1 unspecified atom stereocenters. The van der Waals surface area contributed by atoms with Crippen molar-refractivity contribution in [2.24, 2.45) is 4.99 Å². The van der Waals surface area contributed by atoms with Crippen LogP contribution in [0.25, 0.3) is 0 Å². The van der Waals surface area contributed by atoms with Crippen LogP contribution in [-0.2, 0) is 22.6 Å². The molecule has 40 heavy (non-hydrogen) atoms. The summed E-state index contributed by atoms with van der Waals surface area (Å²) in [6.45, 7) is 9.08. The van der Waals surface area contributed by atoms with Gasteiger partial charge in [0.05, 0.1) is 12.3 Å². The molecule has 3 aromatic rings. The number of unbranched alkanes of at least 4 members (excludes halogenated alkanes) is 1. The van der Waals surface area contributed by atoms with Gasteiger partial charge >= 0.3 is 6.03 Å². The number of carbonyl (C=O) groups excluding carboxylic acids is 2. The molecular formula is C32H39N5O3. The molecule has 0 aliphatic carbocycles. The average Bonchev–Trinajstić information content (AvgIpc) is 2.92. The number of amidine groups is 1. The predicted octanol–water partition coefficient (Wildman–Crippen LogP) is 5.90. The van der Waals surface area contributed by atoms with Crippen molar-refractivity contribution < 1.29 is 14.3 Å². The summed E-state index contributed by atoms with van der Waals surface area (Å²) < 4.78 is 5.79. The molecule has 1 aliphatic rings. The van der Waals surface area contributed by atoms with Gasteiger partial charge in [0.1, 0.15) is 11.7 Å². The van der Waals surface area contributed by atoms with E-state index in [0.29, 0.717) is 43.5 Å². The van der Waals surface area contributed by atoms with Gasteiger partial charge in [-0.05, 0) is 56.7 Å². The number of fused-ring (bicyclic) bond motifs is 1. The molecule has 0 fully saturated rings. The molecule has 0 saturated heterocycles. The molecule has 8 nitrogen and oxygen atoms in total. The summed E-state index contributed by atoms with van der Waals surface area (Å²) in [6.07, 6.45) is 4.05. The van der Waals surface area contributed by atoms with Crippen molar-refractivity contribution in [1.82, 2.24) is 15.6 Å². The highest BCUT2D eigenvalue weighted by atomic mass is 16.5. The number of urea groups is 1. The molecule has 0 bridgehead atoms. The molecule has 3 amide bonds. The number of amides is 3. The second kappa shape index (κ2) is 13.3.